The number of fused-ring (bicyclic) bond motifs is 1. The van der Waals surface area contributed by atoms with Crippen molar-refractivity contribution in [3.63, 3.8) is 0 Å². The highest BCUT2D eigenvalue weighted by molar-refractivity contribution is 7.78. The Labute approximate surface area is 101 Å². The van der Waals surface area contributed by atoms with E-state index in [1.807, 2.05) is 6.20 Å². The first-order valence-electron chi connectivity index (χ1n) is 5.98. The molecule has 1 aliphatic carbocycles. The molecule has 0 saturated heterocycles. The normalized spacial score (nSPS) is 30.6. The zero-order valence-electron chi connectivity index (χ0n) is 9.34. The second-order valence-electron chi connectivity index (χ2n) is 5.01. The Morgan fingerprint density at radius 2 is 2.25 bits per heavy atom. The van der Waals surface area contributed by atoms with E-state index in [1.165, 1.54) is 30.5 Å². The van der Waals surface area contributed by atoms with Gasteiger partial charge in [0.15, 0.2) is 0 Å². The summed E-state index contributed by atoms with van der Waals surface area (Å²) in [5.41, 5.74) is 8.56. The van der Waals surface area contributed by atoms with Crippen LogP contribution in [0.15, 0.2) is 6.20 Å². The molecule has 2 heterocycles. The maximum absolute atomic E-state index is 6.04. The summed E-state index contributed by atoms with van der Waals surface area (Å²) in [6, 6.07) is 1.06. The molecule has 16 heavy (non-hydrogen) atoms. The third kappa shape index (κ3) is 1.87. The summed E-state index contributed by atoms with van der Waals surface area (Å²) in [5.74, 6) is 0. The molecular weight excluding hydrogens is 220 g/mol. The second kappa shape index (κ2) is 4.05. The number of hydrogen-bond donors (Lipinski definition) is 2. The van der Waals surface area contributed by atoms with Gasteiger partial charge in [-0.25, -0.2) is 4.09 Å². The summed E-state index contributed by atoms with van der Waals surface area (Å²) in [6.07, 6.45) is 6.91. The van der Waals surface area contributed by atoms with Crippen LogP contribution in [0.1, 0.15) is 36.9 Å². The minimum Gasteiger partial charge on any atom is -0.328 e. The van der Waals surface area contributed by atoms with E-state index in [-0.39, 0.29) is 0 Å². The van der Waals surface area contributed by atoms with Crippen LogP contribution in [0.3, 0.4) is 0 Å². The van der Waals surface area contributed by atoms with Gasteiger partial charge in [-0.1, -0.05) is 6.42 Å². The molecule has 0 bridgehead atoms. The molecule has 3 rings (SSSR count). The number of rotatable bonds is 1. The van der Waals surface area contributed by atoms with Crippen molar-refractivity contribution < 1.29 is 0 Å². The molecule has 2 atom stereocenters. The summed E-state index contributed by atoms with van der Waals surface area (Å²) >= 11 is 4.20. The Bertz CT molecular complexity index is 366. The SMILES string of the molecule is NC1CCCC(N2Cc3cn(S)nc3C2)C1. The lowest BCUT2D eigenvalue weighted by atomic mass is 9.91. The summed E-state index contributed by atoms with van der Waals surface area (Å²) in [4.78, 5) is 2.52. The van der Waals surface area contributed by atoms with Crippen molar-refractivity contribution in [2.45, 2.75) is 50.9 Å². The lowest BCUT2D eigenvalue weighted by Gasteiger charge is -2.33. The van der Waals surface area contributed by atoms with Crippen LogP contribution in [0.25, 0.3) is 0 Å². The minimum absolute atomic E-state index is 0.400. The standard InChI is InChI=1S/C11H18N4S/c12-9-2-1-3-10(4-9)14-5-8-6-15(16)13-11(8)7-14/h6,9-10,16H,1-5,7,12H2. The molecule has 1 aromatic rings. The summed E-state index contributed by atoms with van der Waals surface area (Å²) in [7, 11) is 0. The third-order valence-electron chi connectivity index (χ3n) is 3.79. The molecule has 1 fully saturated rings. The van der Waals surface area contributed by atoms with E-state index in [0.29, 0.717) is 12.1 Å². The third-order valence-corrected chi connectivity index (χ3v) is 4.00. The highest BCUT2D eigenvalue weighted by Crippen LogP contribution is 2.29. The van der Waals surface area contributed by atoms with Gasteiger partial charge in [0.05, 0.1) is 5.69 Å². The highest BCUT2D eigenvalue weighted by atomic mass is 32.1. The van der Waals surface area contributed by atoms with Crippen LogP contribution in [0.5, 0.6) is 0 Å². The number of hydrogen-bond acceptors (Lipinski definition) is 4. The van der Waals surface area contributed by atoms with Gasteiger partial charge in [0, 0.05) is 36.9 Å². The summed E-state index contributed by atoms with van der Waals surface area (Å²) in [5, 5.41) is 4.36. The zero-order valence-corrected chi connectivity index (χ0v) is 10.2. The van der Waals surface area contributed by atoms with Crippen LogP contribution in [0.2, 0.25) is 0 Å². The average Bonchev–Trinajstić information content (AvgIpc) is 2.74. The van der Waals surface area contributed by atoms with E-state index in [1.54, 1.807) is 4.09 Å². The fourth-order valence-corrected chi connectivity index (χ4v) is 3.20. The van der Waals surface area contributed by atoms with Crippen LogP contribution in [0.4, 0.5) is 0 Å². The Morgan fingerprint density at radius 3 is 3.00 bits per heavy atom. The molecular formula is C11H18N4S. The molecule has 1 aromatic heterocycles. The number of aromatic nitrogens is 2. The largest absolute Gasteiger partial charge is 0.328 e. The molecule has 5 heteroatoms. The number of nitrogens with zero attached hydrogens (tertiary/aromatic N) is 3. The minimum atomic E-state index is 0.400. The van der Waals surface area contributed by atoms with Gasteiger partial charge in [-0.15, -0.1) is 0 Å². The van der Waals surface area contributed by atoms with Crippen LogP contribution >= 0.6 is 12.8 Å². The van der Waals surface area contributed by atoms with Gasteiger partial charge in [-0.2, -0.15) is 5.10 Å². The van der Waals surface area contributed by atoms with Gasteiger partial charge in [-0.3, -0.25) is 4.90 Å². The average molecular weight is 238 g/mol. The Morgan fingerprint density at radius 1 is 1.38 bits per heavy atom. The van der Waals surface area contributed by atoms with Crippen molar-refractivity contribution in [1.29, 1.82) is 0 Å². The predicted octanol–water partition coefficient (Wildman–Crippen LogP) is 1.16. The van der Waals surface area contributed by atoms with Crippen LogP contribution in [-0.4, -0.2) is 26.2 Å². The van der Waals surface area contributed by atoms with E-state index in [9.17, 15) is 0 Å². The van der Waals surface area contributed by atoms with E-state index >= 15 is 0 Å². The van der Waals surface area contributed by atoms with Crippen molar-refractivity contribution in [1.82, 2.24) is 14.1 Å². The van der Waals surface area contributed by atoms with Gasteiger partial charge in [-0.05, 0) is 32.1 Å². The quantitative estimate of drug-likeness (QED) is 0.722. The molecule has 0 radical (unpaired) electrons. The lowest BCUT2D eigenvalue weighted by Crippen LogP contribution is -2.40. The van der Waals surface area contributed by atoms with Crippen LogP contribution in [0, 0.1) is 0 Å². The maximum Gasteiger partial charge on any atom is 0.0820 e. The topological polar surface area (TPSA) is 47.1 Å². The summed E-state index contributed by atoms with van der Waals surface area (Å²) in [6.45, 7) is 1.99. The number of thiol groups is 1. The molecule has 2 N–H and O–H groups in total. The Kier molecular flexibility index (Phi) is 2.69. The molecule has 1 aliphatic heterocycles. The monoisotopic (exact) mass is 238 g/mol. The summed E-state index contributed by atoms with van der Waals surface area (Å²) < 4.78 is 1.62. The van der Waals surface area contributed by atoms with Gasteiger partial charge in [0.2, 0.25) is 0 Å². The second-order valence-corrected chi connectivity index (χ2v) is 5.42. The van der Waals surface area contributed by atoms with Crippen LogP contribution in [-0.2, 0) is 13.1 Å². The fraction of sp³-hybridized carbons (Fsp3) is 0.727. The first-order valence-corrected chi connectivity index (χ1v) is 6.38. The molecule has 0 amide bonds. The zero-order chi connectivity index (χ0) is 11.1. The molecule has 2 unspecified atom stereocenters. The Balaban J connectivity index is 1.68. The van der Waals surface area contributed by atoms with Gasteiger partial charge < -0.3 is 5.73 Å². The predicted molar refractivity (Wildman–Crippen MR) is 66.1 cm³/mol. The molecule has 0 aromatic carbocycles. The molecule has 2 aliphatic rings. The smallest absolute Gasteiger partial charge is 0.0820 e. The van der Waals surface area contributed by atoms with E-state index in [4.69, 9.17) is 5.73 Å². The molecule has 0 spiro atoms. The number of nitrogens with two attached hydrogens (primary N) is 1. The van der Waals surface area contributed by atoms with E-state index in [2.05, 4.69) is 22.8 Å². The van der Waals surface area contributed by atoms with Gasteiger partial charge in [0.25, 0.3) is 0 Å². The first-order chi connectivity index (χ1) is 7.72. The van der Waals surface area contributed by atoms with E-state index < -0.39 is 0 Å². The van der Waals surface area contributed by atoms with Crippen molar-refractivity contribution in [2.75, 3.05) is 0 Å². The molecule has 4 nitrogen and oxygen atoms in total. The van der Waals surface area contributed by atoms with Crippen molar-refractivity contribution in [2.24, 2.45) is 5.73 Å². The molecule has 88 valence electrons. The first kappa shape index (κ1) is 10.6. The lowest BCUT2D eigenvalue weighted by molar-refractivity contribution is 0.145. The van der Waals surface area contributed by atoms with Gasteiger partial charge in [0.1, 0.15) is 0 Å². The molecule has 1 saturated carbocycles. The maximum atomic E-state index is 6.04. The van der Waals surface area contributed by atoms with Gasteiger partial charge >= 0.3 is 0 Å². The van der Waals surface area contributed by atoms with Crippen molar-refractivity contribution in [3.05, 3.63) is 17.5 Å². The van der Waals surface area contributed by atoms with Crippen LogP contribution < -0.4 is 5.73 Å². The fourth-order valence-electron chi connectivity index (χ4n) is 2.95. The van der Waals surface area contributed by atoms with Crippen molar-refractivity contribution in [3.8, 4) is 0 Å². The highest BCUT2D eigenvalue weighted by Gasteiger charge is 2.30. The Hall–Kier alpha value is -0.520. The van der Waals surface area contributed by atoms with E-state index in [0.717, 1.165) is 19.5 Å². The van der Waals surface area contributed by atoms with Crippen molar-refractivity contribution >= 4 is 12.8 Å².